The second-order valence-electron chi connectivity index (χ2n) is 7.80. The first-order valence-electron chi connectivity index (χ1n) is 7.40. The number of aromatic hydroxyl groups is 1. The first-order valence-corrected chi connectivity index (χ1v) is 7.40. The Bertz CT molecular complexity index is 620. The SMILES string of the molecule is Cc1[nH]cnc1-c1cc(C(C)(C)C)c(O)c(C(C)(C)C)c1. The summed E-state index contributed by atoms with van der Waals surface area (Å²) in [6.45, 7) is 14.7. The Morgan fingerprint density at radius 3 is 1.76 bits per heavy atom. The van der Waals surface area contributed by atoms with Crippen molar-refractivity contribution in [2.75, 3.05) is 0 Å². The topological polar surface area (TPSA) is 48.9 Å². The number of aromatic nitrogens is 2. The van der Waals surface area contributed by atoms with Crippen molar-refractivity contribution < 1.29 is 5.11 Å². The van der Waals surface area contributed by atoms with Crippen molar-refractivity contribution in [2.24, 2.45) is 0 Å². The van der Waals surface area contributed by atoms with Gasteiger partial charge in [-0.3, -0.25) is 0 Å². The van der Waals surface area contributed by atoms with Gasteiger partial charge in [-0.1, -0.05) is 41.5 Å². The van der Waals surface area contributed by atoms with E-state index in [0.717, 1.165) is 28.1 Å². The molecule has 2 aromatic rings. The molecule has 1 heterocycles. The highest BCUT2D eigenvalue weighted by Crippen LogP contribution is 2.41. The number of benzene rings is 1. The predicted molar refractivity (Wildman–Crippen MR) is 87.8 cm³/mol. The van der Waals surface area contributed by atoms with E-state index in [2.05, 4.69) is 63.6 Å². The van der Waals surface area contributed by atoms with Gasteiger partial charge in [0.1, 0.15) is 5.75 Å². The van der Waals surface area contributed by atoms with Gasteiger partial charge in [0, 0.05) is 22.4 Å². The van der Waals surface area contributed by atoms with Crippen LogP contribution >= 0.6 is 0 Å². The van der Waals surface area contributed by atoms with E-state index in [0.29, 0.717) is 5.75 Å². The lowest BCUT2D eigenvalue weighted by atomic mass is 9.78. The molecule has 0 fully saturated rings. The maximum absolute atomic E-state index is 10.7. The van der Waals surface area contributed by atoms with Crippen LogP contribution in [0.3, 0.4) is 0 Å². The Labute approximate surface area is 127 Å². The Morgan fingerprint density at radius 2 is 1.43 bits per heavy atom. The van der Waals surface area contributed by atoms with Crippen LogP contribution in [0.2, 0.25) is 0 Å². The number of phenolic OH excluding ortho intramolecular Hbond substituents is 1. The highest BCUT2D eigenvalue weighted by molar-refractivity contribution is 5.67. The minimum absolute atomic E-state index is 0.121. The Kier molecular flexibility index (Phi) is 3.64. The number of rotatable bonds is 1. The van der Waals surface area contributed by atoms with E-state index in [1.807, 2.05) is 6.92 Å². The maximum atomic E-state index is 10.7. The molecule has 0 atom stereocenters. The quantitative estimate of drug-likeness (QED) is 0.799. The van der Waals surface area contributed by atoms with Gasteiger partial charge in [-0.25, -0.2) is 4.98 Å². The van der Waals surface area contributed by atoms with Gasteiger partial charge in [-0.05, 0) is 29.9 Å². The van der Waals surface area contributed by atoms with Crippen LogP contribution in [-0.4, -0.2) is 15.1 Å². The van der Waals surface area contributed by atoms with Gasteiger partial charge in [0.15, 0.2) is 0 Å². The summed E-state index contributed by atoms with van der Waals surface area (Å²) in [6.07, 6.45) is 1.71. The van der Waals surface area contributed by atoms with Crippen LogP contribution in [0.25, 0.3) is 11.3 Å². The van der Waals surface area contributed by atoms with E-state index in [4.69, 9.17) is 0 Å². The van der Waals surface area contributed by atoms with E-state index in [1.165, 1.54) is 0 Å². The van der Waals surface area contributed by atoms with Crippen molar-refractivity contribution in [3.63, 3.8) is 0 Å². The number of hydrogen-bond donors (Lipinski definition) is 2. The van der Waals surface area contributed by atoms with Gasteiger partial charge in [0.25, 0.3) is 0 Å². The number of H-pyrrole nitrogens is 1. The first kappa shape index (κ1) is 15.6. The smallest absolute Gasteiger partial charge is 0.123 e. The molecule has 0 radical (unpaired) electrons. The highest BCUT2D eigenvalue weighted by atomic mass is 16.3. The number of imidazole rings is 1. The molecule has 2 N–H and O–H groups in total. The van der Waals surface area contributed by atoms with E-state index in [9.17, 15) is 5.11 Å². The van der Waals surface area contributed by atoms with Crippen LogP contribution in [0.5, 0.6) is 5.75 Å². The van der Waals surface area contributed by atoms with Gasteiger partial charge in [-0.15, -0.1) is 0 Å². The maximum Gasteiger partial charge on any atom is 0.123 e. The molecule has 0 aliphatic carbocycles. The zero-order chi connectivity index (χ0) is 16.0. The van der Waals surface area contributed by atoms with Crippen LogP contribution in [-0.2, 0) is 10.8 Å². The number of aromatic amines is 1. The fourth-order valence-electron chi connectivity index (χ4n) is 2.56. The molecule has 1 aromatic heterocycles. The van der Waals surface area contributed by atoms with E-state index in [-0.39, 0.29) is 10.8 Å². The third-order valence-electron chi connectivity index (χ3n) is 3.83. The number of hydrogen-bond acceptors (Lipinski definition) is 2. The number of nitrogens with zero attached hydrogens (tertiary/aromatic N) is 1. The molecule has 21 heavy (non-hydrogen) atoms. The molecule has 3 nitrogen and oxygen atoms in total. The fourth-order valence-corrected chi connectivity index (χ4v) is 2.56. The minimum Gasteiger partial charge on any atom is -0.507 e. The van der Waals surface area contributed by atoms with Crippen molar-refractivity contribution in [2.45, 2.75) is 59.3 Å². The first-order chi connectivity index (χ1) is 9.51. The summed E-state index contributed by atoms with van der Waals surface area (Å²) in [4.78, 5) is 7.55. The molecule has 1 aromatic carbocycles. The molecular weight excluding hydrogens is 260 g/mol. The summed E-state index contributed by atoms with van der Waals surface area (Å²) in [5, 5.41) is 10.7. The van der Waals surface area contributed by atoms with Gasteiger partial charge in [0.2, 0.25) is 0 Å². The lowest BCUT2D eigenvalue weighted by Gasteiger charge is -2.28. The van der Waals surface area contributed by atoms with E-state index in [1.54, 1.807) is 6.33 Å². The number of nitrogens with one attached hydrogen (secondary N) is 1. The lowest BCUT2D eigenvalue weighted by Crippen LogP contribution is -2.17. The lowest BCUT2D eigenvalue weighted by molar-refractivity contribution is 0.423. The van der Waals surface area contributed by atoms with Crippen LogP contribution in [0.15, 0.2) is 18.5 Å². The summed E-state index contributed by atoms with van der Waals surface area (Å²) in [6, 6.07) is 4.13. The second kappa shape index (κ2) is 4.90. The standard InChI is InChI=1S/C18H26N2O/c1-11-15(20-10-19-11)12-8-13(17(2,3)4)16(21)14(9-12)18(5,6)7/h8-10,21H,1-7H3,(H,19,20). The average Bonchev–Trinajstić information content (AvgIpc) is 2.72. The van der Waals surface area contributed by atoms with Crippen molar-refractivity contribution in [3.8, 4) is 17.0 Å². The molecule has 0 unspecified atom stereocenters. The fraction of sp³-hybridized carbons (Fsp3) is 0.500. The Morgan fingerprint density at radius 1 is 0.952 bits per heavy atom. The Hall–Kier alpha value is -1.77. The van der Waals surface area contributed by atoms with E-state index < -0.39 is 0 Å². The summed E-state index contributed by atoms with van der Waals surface area (Å²) < 4.78 is 0. The van der Waals surface area contributed by atoms with Gasteiger partial charge in [0.05, 0.1) is 12.0 Å². The number of aryl methyl sites for hydroxylation is 1. The third kappa shape index (κ3) is 2.97. The van der Waals surface area contributed by atoms with Gasteiger partial charge >= 0.3 is 0 Å². The van der Waals surface area contributed by atoms with Crippen LogP contribution < -0.4 is 0 Å². The molecule has 3 heteroatoms. The second-order valence-corrected chi connectivity index (χ2v) is 7.80. The molecule has 0 saturated carbocycles. The zero-order valence-corrected chi connectivity index (χ0v) is 14.1. The summed E-state index contributed by atoms with van der Waals surface area (Å²) in [7, 11) is 0. The van der Waals surface area contributed by atoms with Crippen molar-refractivity contribution in [1.29, 1.82) is 0 Å². The summed E-state index contributed by atoms with van der Waals surface area (Å²) >= 11 is 0. The minimum atomic E-state index is -0.121. The zero-order valence-electron chi connectivity index (χ0n) is 14.1. The molecular formula is C18H26N2O. The van der Waals surface area contributed by atoms with Crippen LogP contribution in [0, 0.1) is 6.92 Å². The molecule has 114 valence electrons. The predicted octanol–water partition coefficient (Wildman–Crippen LogP) is 4.69. The molecule has 0 aliphatic heterocycles. The van der Waals surface area contributed by atoms with Crippen molar-refractivity contribution >= 4 is 0 Å². The van der Waals surface area contributed by atoms with Gasteiger partial charge < -0.3 is 10.1 Å². The molecule has 0 spiro atoms. The van der Waals surface area contributed by atoms with Crippen LogP contribution in [0.1, 0.15) is 58.4 Å². The average molecular weight is 286 g/mol. The molecule has 2 rings (SSSR count). The third-order valence-corrected chi connectivity index (χ3v) is 3.83. The van der Waals surface area contributed by atoms with Crippen LogP contribution in [0.4, 0.5) is 0 Å². The Balaban J connectivity index is 2.78. The summed E-state index contributed by atoms with van der Waals surface area (Å²) in [5.41, 5.74) is 4.74. The highest BCUT2D eigenvalue weighted by Gasteiger charge is 2.27. The molecule has 0 amide bonds. The molecule has 0 bridgehead atoms. The van der Waals surface area contributed by atoms with Crippen molar-refractivity contribution in [3.05, 3.63) is 35.3 Å². The largest absolute Gasteiger partial charge is 0.507 e. The van der Waals surface area contributed by atoms with Crippen molar-refractivity contribution in [1.82, 2.24) is 9.97 Å². The normalized spacial score (nSPS) is 12.7. The monoisotopic (exact) mass is 286 g/mol. The van der Waals surface area contributed by atoms with E-state index >= 15 is 0 Å². The molecule has 0 saturated heterocycles. The summed E-state index contributed by atoms with van der Waals surface area (Å²) in [5.74, 6) is 0.409. The van der Waals surface area contributed by atoms with Gasteiger partial charge in [-0.2, -0.15) is 0 Å². The number of phenols is 1. The molecule has 0 aliphatic rings.